The quantitative estimate of drug-likeness (QED) is 0.445. The molecule has 0 atom stereocenters. The molecule has 1 aliphatic heterocycles. The summed E-state index contributed by atoms with van der Waals surface area (Å²) in [6.07, 6.45) is -4.00. The Balaban J connectivity index is 1.67. The highest BCUT2D eigenvalue weighted by Crippen LogP contribution is 2.33. The number of benzene rings is 2. The second kappa shape index (κ2) is 11.9. The summed E-state index contributed by atoms with van der Waals surface area (Å²) < 4.78 is 38.3. The Kier molecular flexibility index (Phi) is 9.16. The van der Waals surface area contributed by atoms with E-state index in [4.69, 9.17) is 22.2 Å². The number of carbonyl (C=O) groups is 3. The van der Waals surface area contributed by atoms with E-state index in [1.165, 1.54) is 0 Å². The van der Waals surface area contributed by atoms with Crippen LogP contribution in [0.15, 0.2) is 42.5 Å². The van der Waals surface area contributed by atoms with E-state index in [0.29, 0.717) is 5.02 Å². The van der Waals surface area contributed by atoms with Crippen molar-refractivity contribution in [3.05, 3.63) is 69.7 Å². The normalized spacial score (nSPS) is 15.2. The highest BCUT2D eigenvalue weighted by Gasteiger charge is 2.43. The van der Waals surface area contributed by atoms with Gasteiger partial charge in [0.25, 0.3) is 5.91 Å². The maximum atomic E-state index is 13.3. The SMILES string of the molecule is Cc1c(Cl)cccc1CNC(=O)C1(CONC(=O)c2ccc(C(F)(F)F)cc2)CCN(C(=O)CN)CC1. The van der Waals surface area contributed by atoms with Crippen molar-refractivity contribution in [1.29, 1.82) is 0 Å². The number of hydrogen-bond acceptors (Lipinski definition) is 5. The van der Waals surface area contributed by atoms with Crippen molar-refractivity contribution in [1.82, 2.24) is 15.7 Å². The lowest BCUT2D eigenvalue weighted by molar-refractivity contribution is -0.145. The van der Waals surface area contributed by atoms with Crippen LogP contribution < -0.4 is 16.5 Å². The molecule has 0 saturated carbocycles. The van der Waals surface area contributed by atoms with Crippen LogP contribution in [0.1, 0.15) is 39.9 Å². The Bertz CT molecular complexity index is 1130. The largest absolute Gasteiger partial charge is 0.416 e. The number of alkyl halides is 3. The molecule has 8 nitrogen and oxygen atoms in total. The molecule has 0 bridgehead atoms. The first kappa shape index (κ1) is 28.4. The van der Waals surface area contributed by atoms with E-state index in [1.54, 1.807) is 17.0 Å². The molecule has 2 aromatic rings. The zero-order valence-electron chi connectivity index (χ0n) is 20.2. The summed E-state index contributed by atoms with van der Waals surface area (Å²) >= 11 is 6.17. The van der Waals surface area contributed by atoms with E-state index in [9.17, 15) is 27.6 Å². The number of hydrogen-bond donors (Lipinski definition) is 3. The Morgan fingerprint density at radius 1 is 1.11 bits per heavy atom. The zero-order valence-corrected chi connectivity index (χ0v) is 20.9. The molecule has 0 radical (unpaired) electrons. The zero-order chi connectivity index (χ0) is 27.2. The number of hydroxylamine groups is 1. The fourth-order valence-electron chi connectivity index (χ4n) is 4.07. The average Bonchev–Trinajstić information content (AvgIpc) is 2.88. The summed E-state index contributed by atoms with van der Waals surface area (Å²) in [6.45, 7) is 2.26. The van der Waals surface area contributed by atoms with Gasteiger partial charge in [-0.1, -0.05) is 23.7 Å². The molecule has 1 saturated heterocycles. The van der Waals surface area contributed by atoms with E-state index < -0.39 is 23.1 Å². The summed E-state index contributed by atoms with van der Waals surface area (Å²) in [4.78, 5) is 44.7. The molecule has 1 aliphatic rings. The van der Waals surface area contributed by atoms with Gasteiger partial charge in [-0.15, -0.1) is 0 Å². The fourth-order valence-corrected chi connectivity index (χ4v) is 4.26. The van der Waals surface area contributed by atoms with Crippen molar-refractivity contribution in [2.24, 2.45) is 11.1 Å². The van der Waals surface area contributed by atoms with Crippen molar-refractivity contribution >= 4 is 29.3 Å². The maximum Gasteiger partial charge on any atom is 0.416 e. The van der Waals surface area contributed by atoms with Gasteiger partial charge in [0.1, 0.15) is 0 Å². The van der Waals surface area contributed by atoms with Gasteiger partial charge in [0.05, 0.1) is 24.1 Å². The second-order valence-electron chi connectivity index (χ2n) is 8.87. The number of nitrogens with zero attached hydrogens (tertiary/aromatic N) is 1. The van der Waals surface area contributed by atoms with Crippen LogP contribution in [-0.2, 0) is 27.1 Å². The Hall–Kier alpha value is -3.15. The first-order valence-corrected chi connectivity index (χ1v) is 11.9. The standard InChI is InChI=1S/C25H28ClF3N4O4/c1-16-18(3-2-4-20(16)26)14-31-23(36)24(9-11-33(12-10-24)21(34)13-30)15-37-32-22(35)17-5-7-19(8-6-17)25(27,28)29/h2-8H,9-15,30H2,1H3,(H,31,36)(H,32,35). The number of likely N-dealkylation sites (tertiary alicyclic amines) is 1. The number of carbonyl (C=O) groups excluding carboxylic acids is 3. The first-order chi connectivity index (χ1) is 17.5. The van der Waals surface area contributed by atoms with Gasteiger partial charge in [-0.2, -0.15) is 13.2 Å². The Labute approximate surface area is 217 Å². The minimum Gasteiger partial charge on any atom is -0.351 e. The van der Waals surface area contributed by atoms with Crippen molar-refractivity contribution in [3.8, 4) is 0 Å². The first-order valence-electron chi connectivity index (χ1n) is 11.6. The molecular weight excluding hydrogens is 513 g/mol. The van der Waals surface area contributed by atoms with E-state index >= 15 is 0 Å². The van der Waals surface area contributed by atoms with Crippen molar-refractivity contribution in [2.45, 2.75) is 32.5 Å². The predicted octanol–water partition coefficient (Wildman–Crippen LogP) is 3.21. The molecule has 12 heteroatoms. The number of nitrogens with one attached hydrogen (secondary N) is 2. The third kappa shape index (κ3) is 7.00. The van der Waals surface area contributed by atoms with Gasteiger partial charge in [-0.05, 0) is 61.2 Å². The third-order valence-electron chi connectivity index (χ3n) is 6.54. The van der Waals surface area contributed by atoms with Crippen LogP contribution in [0.3, 0.4) is 0 Å². The summed E-state index contributed by atoms with van der Waals surface area (Å²) in [5.74, 6) is -1.31. The van der Waals surface area contributed by atoms with Gasteiger partial charge in [0.15, 0.2) is 0 Å². The Morgan fingerprint density at radius 2 is 1.76 bits per heavy atom. The lowest BCUT2D eigenvalue weighted by Crippen LogP contribution is -2.53. The monoisotopic (exact) mass is 540 g/mol. The average molecular weight is 541 g/mol. The van der Waals surface area contributed by atoms with Crippen molar-refractivity contribution < 1.29 is 32.4 Å². The summed E-state index contributed by atoms with van der Waals surface area (Å²) in [5, 5.41) is 3.47. The second-order valence-corrected chi connectivity index (χ2v) is 9.27. The number of rotatable bonds is 8. The summed E-state index contributed by atoms with van der Waals surface area (Å²) in [7, 11) is 0. The van der Waals surface area contributed by atoms with Gasteiger partial charge >= 0.3 is 6.18 Å². The minimum absolute atomic E-state index is 0.0358. The van der Waals surface area contributed by atoms with Crippen LogP contribution in [0.2, 0.25) is 5.02 Å². The van der Waals surface area contributed by atoms with Crippen LogP contribution in [-0.4, -0.2) is 48.9 Å². The molecule has 1 fully saturated rings. The lowest BCUT2D eigenvalue weighted by Gasteiger charge is -2.40. The molecule has 0 aliphatic carbocycles. The Morgan fingerprint density at radius 3 is 2.35 bits per heavy atom. The smallest absolute Gasteiger partial charge is 0.351 e. The number of nitrogens with two attached hydrogens (primary N) is 1. The molecule has 0 spiro atoms. The molecule has 4 N–H and O–H groups in total. The topological polar surface area (TPSA) is 114 Å². The summed E-state index contributed by atoms with van der Waals surface area (Å²) in [5.41, 5.74) is 7.35. The molecule has 200 valence electrons. The van der Waals surface area contributed by atoms with E-state index in [-0.39, 0.29) is 63.0 Å². The lowest BCUT2D eigenvalue weighted by atomic mass is 9.78. The molecule has 0 unspecified atom stereocenters. The van der Waals surface area contributed by atoms with Crippen LogP contribution >= 0.6 is 11.6 Å². The van der Waals surface area contributed by atoms with E-state index in [0.717, 1.165) is 35.4 Å². The highest BCUT2D eigenvalue weighted by atomic mass is 35.5. The summed E-state index contributed by atoms with van der Waals surface area (Å²) in [6, 6.07) is 9.04. The number of halogens is 4. The fraction of sp³-hybridized carbons (Fsp3) is 0.400. The molecule has 0 aromatic heterocycles. The minimum atomic E-state index is -4.52. The van der Waals surface area contributed by atoms with Gasteiger partial charge in [0, 0.05) is 30.2 Å². The molecule has 3 amide bonds. The van der Waals surface area contributed by atoms with E-state index in [2.05, 4.69) is 10.8 Å². The number of amides is 3. The van der Waals surface area contributed by atoms with Crippen LogP contribution in [0.25, 0.3) is 0 Å². The van der Waals surface area contributed by atoms with Gasteiger partial charge < -0.3 is 16.0 Å². The molecule has 1 heterocycles. The van der Waals surface area contributed by atoms with E-state index in [1.807, 2.05) is 13.0 Å². The molecular formula is C25H28ClF3N4O4. The van der Waals surface area contributed by atoms with Crippen LogP contribution in [0.5, 0.6) is 0 Å². The van der Waals surface area contributed by atoms with Gasteiger partial charge in [0.2, 0.25) is 11.8 Å². The van der Waals surface area contributed by atoms with Gasteiger partial charge in [-0.25, -0.2) is 5.48 Å². The molecule has 2 aromatic carbocycles. The van der Waals surface area contributed by atoms with Gasteiger partial charge in [-0.3, -0.25) is 19.2 Å². The molecule has 3 rings (SSSR count). The highest BCUT2D eigenvalue weighted by molar-refractivity contribution is 6.31. The van der Waals surface area contributed by atoms with Crippen LogP contribution in [0.4, 0.5) is 13.2 Å². The van der Waals surface area contributed by atoms with Crippen molar-refractivity contribution in [2.75, 3.05) is 26.2 Å². The third-order valence-corrected chi connectivity index (χ3v) is 6.95. The molecule has 37 heavy (non-hydrogen) atoms. The van der Waals surface area contributed by atoms with Crippen LogP contribution in [0, 0.1) is 12.3 Å². The predicted molar refractivity (Wildman–Crippen MR) is 130 cm³/mol. The number of piperidine rings is 1. The van der Waals surface area contributed by atoms with Crippen molar-refractivity contribution in [3.63, 3.8) is 0 Å². The maximum absolute atomic E-state index is 13.3.